The molecule has 1 fully saturated rings. The second kappa shape index (κ2) is 6.04. The van der Waals surface area contributed by atoms with Crippen LogP contribution < -0.4 is 4.90 Å². The quantitative estimate of drug-likeness (QED) is 0.637. The van der Waals surface area contributed by atoms with Crippen molar-refractivity contribution in [2.24, 2.45) is 0 Å². The van der Waals surface area contributed by atoms with Gasteiger partial charge in [-0.05, 0) is 18.9 Å². The summed E-state index contributed by atoms with van der Waals surface area (Å²) < 4.78 is 0. The summed E-state index contributed by atoms with van der Waals surface area (Å²) in [5.74, 6) is -1.27. The van der Waals surface area contributed by atoms with Gasteiger partial charge in [0, 0.05) is 13.1 Å². The molecule has 1 aromatic rings. The Morgan fingerprint density at radius 1 is 1.43 bits per heavy atom. The van der Waals surface area contributed by atoms with Crippen molar-refractivity contribution in [1.82, 2.24) is 4.98 Å². The van der Waals surface area contributed by atoms with E-state index in [0.29, 0.717) is 12.8 Å². The zero-order valence-electron chi connectivity index (χ0n) is 11.6. The first-order valence-corrected chi connectivity index (χ1v) is 6.71. The van der Waals surface area contributed by atoms with Crippen LogP contribution in [0.25, 0.3) is 0 Å². The predicted molar refractivity (Wildman–Crippen MR) is 74.5 cm³/mol. The highest BCUT2D eigenvalue weighted by atomic mass is 16.6. The number of hydrogen-bond donors (Lipinski definition) is 2. The lowest BCUT2D eigenvalue weighted by molar-refractivity contribution is -0.384. The van der Waals surface area contributed by atoms with Crippen molar-refractivity contribution in [2.45, 2.75) is 37.8 Å². The lowest BCUT2D eigenvalue weighted by atomic mass is 9.91. The van der Waals surface area contributed by atoms with Crippen molar-refractivity contribution in [3.05, 3.63) is 27.9 Å². The second-order valence-electron chi connectivity index (χ2n) is 5.13. The average Bonchev–Trinajstić information content (AvgIpc) is 2.46. The smallest absolute Gasteiger partial charge is 0.354 e. The SMILES string of the molecule is CN(c1nc(C(=O)O)ccc1[N+](=O)[O-])C1CCCCC1O. The summed E-state index contributed by atoms with van der Waals surface area (Å²) in [6, 6.07) is 1.95. The minimum Gasteiger partial charge on any atom is -0.477 e. The Kier molecular flexibility index (Phi) is 4.37. The normalized spacial score (nSPS) is 21.8. The zero-order valence-corrected chi connectivity index (χ0v) is 11.6. The molecule has 21 heavy (non-hydrogen) atoms. The third-order valence-electron chi connectivity index (χ3n) is 3.80. The van der Waals surface area contributed by atoms with Crippen LogP contribution in [0.4, 0.5) is 11.5 Å². The first-order chi connectivity index (χ1) is 9.91. The van der Waals surface area contributed by atoms with Crippen molar-refractivity contribution in [3.8, 4) is 0 Å². The fraction of sp³-hybridized carbons (Fsp3) is 0.538. The minimum atomic E-state index is -1.25. The fourth-order valence-electron chi connectivity index (χ4n) is 2.66. The molecule has 1 aliphatic carbocycles. The number of aliphatic hydroxyl groups is 1. The number of aliphatic hydroxyl groups excluding tert-OH is 1. The molecule has 1 saturated carbocycles. The van der Waals surface area contributed by atoms with E-state index in [1.54, 1.807) is 7.05 Å². The first kappa shape index (κ1) is 15.2. The van der Waals surface area contributed by atoms with Gasteiger partial charge in [0.1, 0.15) is 0 Å². The van der Waals surface area contributed by atoms with Gasteiger partial charge in [-0.1, -0.05) is 12.8 Å². The van der Waals surface area contributed by atoms with E-state index < -0.39 is 17.0 Å². The number of hydrogen-bond acceptors (Lipinski definition) is 6. The molecule has 1 aliphatic rings. The maximum Gasteiger partial charge on any atom is 0.354 e. The molecule has 0 bridgehead atoms. The highest BCUT2D eigenvalue weighted by Crippen LogP contribution is 2.31. The predicted octanol–water partition coefficient (Wildman–Crippen LogP) is 1.43. The summed E-state index contributed by atoms with van der Waals surface area (Å²) in [6.45, 7) is 0. The molecule has 0 aliphatic heterocycles. The molecule has 1 heterocycles. The Balaban J connectivity index is 2.41. The number of rotatable bonds is 4. The van der Waals surface area contributed by atoms with E-state index >= 15 is 0 Å². The minimum absolute atomic E-state index is 0.0224. The summed E-state index contributed by atoms with van der Waals surface area (Å²) in [5.41, 5.74) is -0.520. The van der Waals surface area contributed by atoms with E-state index in [4.69, 9.17) is 5.11 Å². The summed E-state index contributed by atoms with van der Waals surface area (Å²) in [4.78, 5) is 26.9. The number of nitro groups is 1. The molecule has 1 aromatic heterocycles. The largest absolute Gasteiger partial charge is 0.477 e. The van der Waals surface area contributed by atoms with Crippen molar-refractivity contribution in [3.63, 3.8) is 0 Å². The number of aromatic carboxylic acids is 1. The molecule has 0 radical (unpaired) electrons. The molecule has 2 atom stereocenters. The molecule has 2 N–H and O–H groups in total. The zero-order chi connectivity index (χ0) is 15.6. The fourth-order valence-corrected chi connectivity index (χ4v) is 2.66. The average molecular weight is 295 g/mol. The van der Waals surface area contributed by atoms with Gasteiger partial charge < -0.3 is 15.1 Å². The van der Waals surface area contributed by atoms with Crippen LogP contribution in [0.3, 0.4) is 0 Å². The third-order valence-corrected chi connectivity index (χ3v) is 3.80. The number of anilines is 1. The van der Waals surface area contributed by atoms with E-state index in [0.717, 1.165) is 25.0 Å². The standard InChI is InChI=1S/C13H17N3O5/c1-15(9-4-2-3-5-11(9)17)12-10(16(20)21)7-6-8(14-12)13(18)19/h6-7,9,11,17H,2-5H2,1H3,(H,18,19). The van der Waals surface area contributed by atoms with Gasteiger partial charge in [0.15, 0.2) is 5.69 Å². The number of carboxylic acids is 1. The monoisotopic (exact) mass is 295 g/mol. The van der Waals surface area contributed by atoms with E-state index in [1.807, 2.05) is 0 Å². The molecule has 114 valence electrons. The van der Waals surface area contributed by atoms with Gasteiger partial charge >= 0.3 is 11.7 Å². The van der Waals surface area contributed by atoms with Crippen LogP contribution in [0.1, 0.15) is 36.2 Å². The van der Waals surface area contributed by atoms with Gasteiger partial charge in [-0.25, -0.2) is 9.78 Å². The highest BCUT2D eigenvalue weighted by molar-refractivity contribution is 5.86. The molecular formula is C13H17N3O5. The van der Waals surface area contributed by atoms with Crippen LogP contribution in [0.5, 0.6) is 0 Å². The van der Waals surface area contributed by atoms with Crippen LogP contribution in [-0.2, 0) is 0 Å². The van der Waals surface area contributed by atoms with Crippen LogP contribution >= 0.6 is 0 Å². The van der Waals surface area contributed by atoms with Crippen molar-refractivity contribution >= 4 is 17.5 Å². The highest BCUT2D eigenvalue weighted by Gasteiger charge is 2.31. The number of carboxylic acid groups (broad SMARTS) is 1. The van der Waals surface area contributed by atoms with Gasteiger partial charge in [0.2, 0.25) is 5.82 Å². The number of aromatic nitrogens is 1. The van der Waals surface area contributed by atoms with Gasteiger partial charge in [-0.3, -0.25) is 10.1 Å². The van der Waals surface area contributed by atoms with Crippen molar-refractivity contribution in [2.75, 3.05) is 11.9 Å². The Bertz CT molecular complexity index is 563. The number of carbonyl (C=O) groups is 1. The van der Waals surface area contributed by atoms with Crippen LogP contribution in [0.15, 0.2) is 12.1 Å². The molecule has 0 spiro atoms. The van der Waals surface area contributed by atoms with Crippen molar-refractivity contribution in [1.29, 1.82) is 0 Å². The third kappa shape index (κ3) is 3.10. The maximum absolute atomic E-state index is 11.1. The molecule has 8 nitrogen and oxygen atoms in total. The molecule has 0 aromatic carbocycles. The molecule has 0 amide bonds. The Morgan fingerprint density at radius 3 is 2.67 bits per heavy atom. The van der Waals surface area contributed by atoms with Gasteiger partial charge in [-0.15, -0.1) is 0 Å². The van der Waals surface area contributed by atoms with E-state index in [-0.39, 0.29) is 23.2 Å². The number of likely N-dealkylation sites (N-methyl/N-ethyl adjacent to an activating group) is 1. The maximum atomic E-state index is 11.1. The van der Waals surface area contributed by atoms with Crippen LogP contribution in [0, 0.1) is 10.1 Å². The van der Waals surface area contributed by atoms with Gasteiger partial charge in [-0.2, -0.15) is 0 Å². The molecule has 8 heteroatoms. The molecular weight excluding hydrogens is 278 g/mol. The van der Waals surface area contributed by atoms with Crippen LogP contribution in [0.2, 0.25) is 0 Å². The van der Waals surface area contributed by atoms with E-state index in [2.05, 4.69) is 4.98 Å². The summed E-state index contributed by atoms with van der Waals surface area (Å²) in [7, 11) is 1.60. The Morgan fingerprint density at radius 2 is 2.10 bits per heavy atom. The van der Waals surface area contributed by atoms with Gasteiger partial charge in [0.25, 0.3) is 0 Å². The second-order valence-corrected chi connectivity index (χ2v) is 5.13. The van der Waals surface area contributed by atoms with Crippen molar-refractivity contribution < 1.29 is 19.9 Å². The molecule has 2 rings (SSSR count). The summed E-state index contributed by atoms with van der Waals surface area (Å²) in [5, 5.41) is 30.1. The number of pyridine rings is 1. The van der Waals surface area contributed by atoms with E-state index in [1.165, 1.54) is 4.90 Å². The Hall–Kier alpha value is -2.22. The first-order valence-electron chi connectivity index (χ1n) is 6.71. The van der Waals surface area contributed by atoms with Crippen LogP contribution in [-0.4, -0.2) is 45.3 Å². The Labute approximate surface area is 121 Å². The van der Waals surface area contributed by atoms with E-state index in [9.17, 15) is 20.0 Å². The topological polar surface area (TPSA) is 117 Å². The summed E-state index contributed by atoms with van der Waals surface area (Å²) in [6.07, 6.45) is 2.54. The molecule has 2 unspecified atom stereocenters. The molecule has 0 saturated heterocycles. The lowest BCUT2D eigenvalue weighted by Gasteiger charge is -2.35. The number of nitrogens with zero attached hydrogens (tertiary/aromatic N) is 3. The summed E-state index contributed by atoms with van der Waals surface area (Å²) >= 11 is 0. The van der Waals surface area contributed by atoms with Gasteiger partial charge in [0.05, 0.1) is 17.1 Å². The lowest BCUT2D eigenvalue weighted by Crippen LogP contribution is -2.44.